The van der Waals surface area contributed by atoms with E-state index in [0.717, 1.165) is 42.9 Å². The average molecular weight is 407 g/mol. The second-order valence-electron chi connectivity index (χ2n) is 8.37. The molecule has 2 aliphatic rings. The van der Waals surface area contributed by atoms with Crippen LogP contribution in [0.15, 0.2) is 42.6 Å². The minimum atomic E-state index is -0.245. The molecule has 2 heterocycles. The smallest absolute Gasteiger partial charge is 0.101 e. The van der Waals surface area contributed by atoms with E-state index in [0.29, 0.717) is 17.8 Å². The van der Waals surface area contributed by atoms with Crippen molar-refractivity contribution in [3.63, 3.8) is 0 Å². The van der Waals surface area contributed by atoms with Gasteiger partial charge < -0.3 is 10.0 Å². The fraction of sp³-hybridized carbons (Fsp3) is 0.435. The van der Waals surface area contributed by atoms with Crippen LogP contribution in [0.5, 0.6) is 0 Å². The van der Waals surface area contributed by atoms with Crippen LogP contribution in [0, 0.1) is 16.7 Å². The zero-order chi connectivity index (χ0) is 20.5. The summed E-state index contributed by atoms with van der Waals surface area (Å²) in [6.07, 6.45) is 4.59. The molecule has 1 aromatic carbocycles. The van der Waals surface area contributed by atoms with E-state index in [1.807, 2.05) is 0 Å². The molecule has 1 saturated carbocycles. The molecule has 2 N–H and O–H groups in total. The fourth-order valence-electron chi connectivity index (χ4n) is 4.09. The molecule has 0 bridgehead atoms. The third-order valence-corrected chi connectivity index (χ3v) is 7.47. The number of rotatable bonds is 5. The SMILES string of the molecule is CC1(CO)CC(=N)N(CC2(c3ccc(-c4ncccc4C#N)cc3)CC2)CCS1. The Bertz CT molecular complexity index is 948. The minimum Gasteiger partial charge on any atom is -0.395 e. The van der Waals surface area contributed by atoms with Gasteiger partial charge in [-0.25, -0.2) is 0 Å². The van der Waals surface area contributed by atoms with Crippen LogP contribution in [0.3, 0.4) is 0 Å². The summed E-state index contributed by atoms with van der Waals surface area (Å²) < 4.78 is -0.245. The lowest BCUT2D eigenvalue weighted by atomic mass is 9.93. The number of benzene rings is 1. The highest BCUT2D eigenvalue weighted by Gasteiger charge is 2.46. The number of hydrogen-bond donors (Lipinski definition) is 2. The molecule has 6 heteroatoms. The molecular formula is C23H26N4OS. The van der Waals surface area contributed by atoms with Gasteiger partial charge in [-0.3, -0.25) is 10.4 Å². The molecular weight excluding hydrogens is 380 g/mol. The number of aliphatic hydroxyl groups is 1. The molecule has 5 nitrogen and oxygen atoms in total. The lowest BCUT2D eigenvalue weighted by molar-refractivity contribution is 0.257. The van der Waals surface area contributed by atoms with E-state index in [9.17, 15) is 10.4 Å². The van der Waals surface area contributed by atoms with Crippen LogP contribution < -0.4 is 0 Å². The highest BCUT2D eigenvalue weighted by molar-refractivity contribution is 8.00. The first-order chi connectivity index (χ1) is 14.0. The van der Waals surface area contributed by atoms with Crippen molar-refractivity contribution in [3.8, 4) is 17.3 Å². The monoisotopic (exact) mass is 406 g/mol. The predicted octanol–water partition coefficient (Wildman–Crippen LogP) is 3.82. The maximum absolute atomic E-state index is 9.70. The summed E-state index contributed by atoms with van der Waals surface area (Å²) in [5, 5.41) is 27.6. The van der Waals surface area contributed by atoms with E-state index in [2.05, 4.69) is 47.1 Å². The first-order valence-electron chi connectivity index (χ1n) is 10.0. The molecule has 2 aromatic rings. The Kier molecular flexibility index (Phi) is 5.37. The molecule has 1 atom stereocenters. The van der Waals surface area contributed by atoms with Gasteiger partial charge in [0.1, 0.15) is 6.07 Å². The average Bonchev–Trinajstić information content (AvgIpc) is 3.55. The summed E-state index contributed by atoms with van der Waals surface area (Å²) >= 11 is 1.77. The molecule has 150 valence electrons. The Hall–Kier alpha value is -2.36. The molecule has 4 rings (SSSR count). The van der Waals surface area contributed by atoms with Crippen LogP contribution >= 0.6 is 11.8 Å². The summed E-state index contributed by atoms with van der Waals surface area (Å²) in [5.74, 6) is 1.58. The Morgan fingerprint density at radius 2 is 2.03 bits per heavy atom. The Labute approximate surface area is 176 Å². The molecule has 2 fully saturated rings. The van der Waals surface area contributed by atoms with Crippen LogP contribution in [0.25, 0.3) is 11.3 Å². The number of aliphatic hydroxyl groups excluding tert-OH is 1. The number of amidine groups is 1. The largest absolute Gasteiger partial charge is 0.395 e. The van der Waals surface area contributed by atoms with Gasteiger partial charge in [0.05, 0.1) is 23.7 Å². The Morgan fingerprint density at radius 3 is 2.69 bits per heavy atom. The van der Waals surface area contributed by atoms with Crippen molar-refractivity contribution in [2.24, 2.45) is 0 Å². The van der Waals surface area contributed by atoms with E-state index in [1.165, 1.54) is 5.56 Å². The summed E-state index contributed by atoms with van der Waals surface area (Å²) in [4.78, 5) is 6.59. The van der Waals surface area contributed by atoms with E-state index < -0.39 is 0 Å². The molecule has 0 amide bonds. The lowest BCUT2D eigenvalue weighted by Crippen LogP contribution is -2.39. The van der Waals surface area contributed by atoms with Gasteiger partial charge in [0.2, 0.25) is 0 Å². The zero-order valence-electron chi connectivity index (χ0n) is 16.7. The van der Waals surface area contributed by atoms with Gasteiger partial charge in [-0.05, 0) is 37.5 Å². The van der Waals surface area contributed by atoms with Crippen molar-refractivity contribution in [1.29, 1.82) is 10.7 Å². The second-order valence-corrected chi connectivity index (χ2v) is 10.1. The van der Waals surface area contributed by atoms with Gasteiger partial charge in [-0.15, -0.1) is 0 Å². The summed E-state index contributed by atoms with van der Waals surface area (Å²) in [6.45, 7) is 3.88. The maximum Gasteiger partial charge on any atom is 0.101 e. The van der Waals surface area contributed by atoms with Crippen LogP contribution in [0.4, 0.5) is 0 Å². The molecule has 0 spiro atoms. The van der Waals surface area contributed by atoms with Gasteiger partial charge in [0.15, 0.2) is 0 Å². The van der Waals surface area contributed by atoms with Gasteiger partial charge in [-0.2, -0.15) is 17.0 Å². The summed E-state index contributed by atoms with van der Waals surface area (Å²) in [5.41, 5.74) is 3.67. The van der Waals surface area contributed by atoms with Crippen molar-refractivity contribution in [2.75, 3.05) is 25.4 Å². The molecule has 1 unspecified atom stereocenters. The minimum absolute atomic E-state index is 0.109. The number of aromatic nitrogens is 1. The lowest BCUT2D eigenvalue weighted by Gasteiger charge is -2.30. The van der Waals surface area contributed by atoms with Crippen molar-refractivity contribution < 1.29 is 5.11 Å². The number of nitriles is 1. The van der Waals surface area contributed by atoms with Gasteiger partial charge in [0, 0.05) is 47.2 Å². The molecule has 1 saturated heterocycles. The normalized spacial score (nSPS) is 23.3. The Morgan fingerprint density at radius 1 is 1.28 bits per heavy atom. The third kappa shape index (κ3) is 4.03. The maximum atomic E-state index is 9.70. The molecule has 29 heavy (non-hydrogen) atoms. The molecule has 1 aliphatic heterocycles. The van der Waals surface area contributed by atoms with Crippen molar-refractivity contribution in [2.45, 2.75) is 36.3 Å². The number of nitrogens with one attached hydrogen (secondary N) is 1. The fourth-order valence-corrected chi connectivity index (χ4v) is 5.23. The molecule has 1 aliphatic carbocycles. The summed E-state index contributed by atoms with van der Waals surface area (Å²) in [6, 6.07) is 14.2. The van der Waals surface area contributed by atoms with Gasteiger partial charge >= 0.3 is 0 Å². The summed E-state index contributed by atoms with van der Waals surface area (Å²) in [7, 11) is 0. The quantitative estimate of drug-likeness (QED) is 0.789. The number of hydrogen-bond acceptors (Lipinski definition) is 5. The second kappa shape index (κ2) is 7.81. The standard InChI is InChI=1S/C23H26N4OS/c1-22(16-28)13-20(25)27(11-12-29-22)15-23(8-9-23)19-6-4-17(5-7-19)21-18(14-24)3-2-10-26-21/h2-7,10,25,28H,8-9,11-13,15-16H2,1H3. The number of pyridine rings is 1. The van der Waals surface area contributed by atoms with Gasteiger partial charge in [-0.1, -0.05) is 24.3 Å². The van der Waals surface area contributed by atoms with Crippen LogP contribution in [0.2, 0.25) is 0 Å². The van der Waals surface area contributed by atoms with Gasteiger partial charge in [0.25, 0.3) is 0 Å². The first-order valence-corrected chi connectivity index (χ1v) is 11.0. The molecule has 0 radical (unpaired) electrons. The third-order valence-electron chi connectivity index (χ3n) is 6.12. The van der Waals surface area contributed by atoms with E-state index >= 15 is 0 Å². The topological polar surface area (TPSA) is 84.0 Å². The van der Waals surface area contributed by atoms with Crippen molar-refractivity contribution >= 4 is 17.6 Å². The van der Waals surface area contributed by atoms with Crippen LogP contribution in [0.1, 0.15) is 37.3 Å². The van der Waals surface area contributed by atoms with Crippen LogP contribution in [-0.2, 0) is 5.41 Å². The number of nitrogens with zero attached hydrogens (tertiary/aromatic N) is 3. The van der Waals surface area contributed by atoms with Crippen LogP contribution in [-0.4, -0.2) is 51.0 Å². The molecule has 1 aromatic heterocycles. The van der Waals surface area contributed by atoms with E-state index in [-0.39, 0.29) is 16.8 Å². The van der Waals surface area contributed by atoms with Crippen molar-refractivity contribution in [3.05, 3.63) is 53.7 Å². The highest BCUT2D eigenvalue weighted by atomic mass is 32.2. The zero-order valence-corrected chi connectivity index (χ0v) is 17.5. The predicted molar refractivity (Wildman–Crippen MR) is 117 cm³/mol. The van der Waals surface area contributed by atoms with E-state index in [1.54, 1.807) is 30.1 Å². The first kappa shape index (κ1) is 19.9. The highest BCUT2D eigenvalue weighted by Crippen LogP contribution is 2.49. The van der Waals surface area contributed by atoms with Crippen molar-refractivity contribution in [1.82, 2.24) is 9.88 Å². The Balaban J connectivity index is 1.52. The number of thioether (sulfide) groups is 1. The van der Waals surface area contributed by atoms with E-state index in [4.69, 9.17) is 5.41 Å².